The third-order valence-electron chi connectivity index (χ3n) is 22.0. The summed E-state index contributed by atoms with van der Waals surface area (Å²) < 4.78 is 153. The smallest absolute Gasteiger partial charge is 0.296 e. The first-order valence-corrected chi connectivity index (χ1v) is 41.1. The first kappa shape index (κ1) is 85.1. The maximum Gasteiger partial charge on any atom is 0.296 e. The van der Waals surface area contributed by atoms with Gasteiger partial charge in [0.25, 0.3) is 25.7 Å². The van der Waals surface area contributed by atoms with Gasteiger partial charge in [0.1, 0.15) is 5.15 Å². The average Bonchev–Trinajstić information content (AvgIpc) is 1.59. The normalized spacial score (nSPS) is 16.7. The van der Waals surface area contributed by atoms with Crippen LogP contribution >= 0.6 is 47.2 Å². The van der Waals surface area contributed by atoms with Crippen molar-refractivity contribution in [3.63, 3.8) is 0 Å². The monoisotopic (exact) mass is 1790 g/mol. The highest BCUT2D eigenvalue weighted by molar-refractivity contribution is 6.35. The number of para-hydroxylation sites is 8. The van der Waals surface area contributed by atoms with Crippen molar-refractivity contribution in [1.82, 2.24) is 118 Å². The molecule has 6 aliphatic heterocycles. The van der Waals surface area contributed by atoms with Crippen LogP contribution in [0.15, 0.2) is 122 Å². The van der Waals surface area contributed by atoms with Gasteiger partial charge < -0.3 is 43.2 Å². The maximum absolute atomic E-state index is 14.1. The van der Waals surface area contributed by atoms with E-state index in [9.17, 15) is 35.1 Å². The van der Waals surface area contributed by atoms with E-state index in [-0.39, 0.29) is 64.4 Å². The fraction of sp³-hybridized carbons (Fsp3) is 0.400. The molecule has 44 heteroatoms. The molecule has 12 aromatic heterocycles. The van der Waals surface area contributed by atoms with Crippen molar-refractivity contribution in [2.75, 3.05) is 115 Å². The van der Waals surface area contributed by atoms with Crippen molar-refractivity contribution in [3.8, 4) is 17.5 Å². The summed E-state index contributed by atoms with van der Waals surface area (Å²) >= 11 is 18.0. The largest absolute Gasteiger partial charge is 0.381 e. The van der Waals surface area contributed by atoms with E-state index < -0.39 is 31.5 Å². The zero-order valence-corrected chi connectivity index (χ0v) is 68.9. The van der Waals surface area contributed by atoms with E-state index in [1.54, 1.807) is 114 Å². The lowest BCUT2D eigenvalue weighted by atomic mass is 10.1. The van der Waals surface area contributed by atoms with Crippen LogP contribution in [-0.4, -0.2) is 223 Å². The van der Waals surface area contributed by atoms with Gasteiger partial charge in [-0.1, -0.05) is 60.1 Å². The Labute approximate surface area is 719 Å². The number of anilines is 2. The van der Waals surface area contributed by atoms with Crippen LogP contribution in [0.1, 0.15) is 125 Å². The predicted octanol–water partition coefficient (Wildman–Crippen LogP) is 16.1. The number of halogens is 12. The molecule has 6 fully saturated rings. The highest BCUT2D eigenvalue weighted by Gasteiger charge is 2.33. The number of alkyl halides is 8. The topological polar surface area (TPSA) is 318 Å². The SMILES string of the molecule is Cl.Clc1nc(Cl)c2cnn(C3CCOCC3)c2n1.FC(F)c1nc2ccccc2[nH]1.FC(F)c1nc2ccccc2n1-c1nc(Cl)nc2c1cnn2C1CCOCC1.FC(F)c1nc2ccccc2n1-c1nc(N2CCOCC2)nc2c1cnn2C1CCOCC1.FC(F)c1nc2ccccc2n1-c1nc(N2CCOCC2)nc2c1cnn2C1CCOCC1. The minimum Gasteiger partial charge on any atom is -0.381 e. The van der Waals surface area contributed by atoms with Gasteiger partial charge in [-0.25, -0.2) is 78.8 Å². The molecule has 0 saturated carbocycles. The summed E-state index contributed by atoms with van der Waals surface area (Å²) in [5.41, 5.74) is 6.79. The second-order valence-corrected chi connectivity index (χ2v) is 30.4. The Hall–Kier alpha value is -11.1. The van der Waals surface area contributed by atoms with Gasteiger partial charge in [0, 0.05) is 79.0 Å². The van der Waals surface area contributed by atoms with E-state index in [4.69, 9.17) is 83.2 Å². The van der Waals surface area contributed by atoms with Crippen LogP contribution in [0.3, 0.4) is 0 Å². The number of ether oxygens (including phenoxy) is 6. The summed E-state index contributed by atoms with van der Waals surface area (Å²) in [6.07, 6.45) is 2.51. The molecule has 22 rings (SSSR count). The molecule has 4 aromatic carbocycles. The molecule has 648 valence electrons. The Balaban J connectivity index is 0.000000114. The number of imidazole rings is 4. The maximum atomic E-state index is 14.1. The Morgan fingerprint density at radius 2 is 0.629 bits per heavy atom. The minimum absolute atomic E-state index is 0. The summed E-state index contributed by atoms with van der Waals surface area (Å²) in [5, 5.41) is 21.0. The van der Waals surface area contributed by atoms with Crippen molar-refractivity contribution < 1.29 is 63.5 Å². The second-order valence-electron chi connectivity index (χ2n) is 29.4. The number of nitrogens with zero attached hydrogens (tertiary/aromatic N) is 25. The Morgan fingerprint density at radius 3 is 0.984 bits per heavy atom. The number of H-pyrrole nitrogens is 1. The number of hydrogen-bond acceptors (Lipinski definition) is 24. The summed E-state index contributed by atoms with van der Waals surface area (Å²) in [6, 6.07) is 28.7. The molecule has 0 aliphatic carbocycles. The van der Waals surface area contributed by atoms with Crippen LogP contribution < -0.4 is 9.80 Å². The Bertz CT molecular complexity index is 6180. The molecule has 1 N–H and O–H groups in total. The van der Waals surface area contributed by atoms with E-state index in [1.165, 1.54) is 13.7 Å². The molecule has 0 radical (unpaired) electrons. The number of morpholine rings is 2. The van der Waals surface area contributed by atoms with Crippen molar-refractivity contribution in [2.24, 2.45) is 0 Å². The minimum atomic E-state index is -2.78. The van der Waals surface area contributed by atoms with Crippen LogP contribution in [0.2, 0.25) is 15.7 Å². The second kappa shape index (κ2) is 37.8. The van der Waals surface area contributed by atoms with Gasteiger partial charge in [0.2, 0.25) is 22.5 Å². The van der Waals surface area contributed by atoms with Crippen LogP contribution in [0.25, 0.3) is 106 Å². The van der Waals surface area contributed by atoms with Gasteiger partial charge >= 0.3 is 0 Å². The third kappa shape index (κ3) is 17.5. The zero-order valence-electron chi connectivity index (χ0n) is 65.8. The van der Waals surface area contributed by atoms with Crippen LogP contribution in [0, 0.1) is 0 Å². The number of benzene rings is 4. The van der Waals surface area contributed by atoms with Crippen molar-refractivity contribution in [2.45, 2.75) is 101 Å². The molecule has 124 heavy (non-hydrogen) atoms. The molecule has 0 unspecified atom stereocenters. The van der Waals surface area contributed by atoms with Gasteiger partial charge in [-0.15, -0.1) is 12.4 Å². The summed E-state index contributed by atoms with van der Waals surface area (Å²) in [5.74, 6) is 0.586. The van der Waals surface area contributed by atoms with Crippen LogP contribution in [0.5, 0.6) is 0 Å². The first-order valence-electron chi connectivity index (χ1n) is 40.0. The average molecular weight is 1790 g/mol. The standard InChI is InChI=1S/2C22H23F2N7O2.C18H15ClF2N6O.C10H10Cl2N4O.C8H6F2N2.ClH/c2*23-18(24)21-26-16-3-1-2-4-17(16)30(21)19-15-13-25-31(14-5-9-32-10-6-14)20(15)28-22(27-19)29-7-11-33-12-8-29;19-18-24-15(26-13-4-2-1-3-12(13)23-17(26)14(20)21)11-9-22-27(16(11)25-18)10-5-7-28-8-6-10;11-8-7-5-13-16(6-1-3-17-4-2-6)9(7)15-10(12)14-8;9-7(10)8-11-5-3-1-2-4-6(5)12-8;/h2*1-4,13-14,18H,5-12H2;1-4,9-10,14H,5-8H2;5-6H,1-4H2;1-4,7H,(H,11,12);1H. The van der Waals surface area contributed by atoms with Crippen molar-refractivity contribution in [1.29, 1.82) is 0 Å². The van der Waals surface area contributed by atoms with Crippen LogP contribution in [-0.2, 0) is 28.4 Å². The molecule has 0 spiro atoms. The quantitative estimate of drug-likeness (QED) is 0.0636. The number of fused-ring (bicyclic) bond motifs is 8. The fourth-order valence-electron chi connectivity index (χ4n) is 16.0. The zero-order chi connectivity index (χ0) is 84.4. The summed E-state index contributed by atoms with van der Waals surface area (Å²) in [6.45, 7) is 10.2. The van der Waals surface area contributed by atoms with Gasteiger partial charge in [0.15, 0.2) is 63.3 Å². The van der Waals surface area contributed by atoms with Gasteiger partial charge in [-0.2, -0.15) is 55.3 Å². The molecular weight excluding hydrogens is 1710 g/mol. The fourth-order valence-corrected chi connectivity index (χ4v) is 16.6. The van der Waals surface area contributed by atoms with Crippen molar-refractivity contribution >= 4 is 147 Å². The Morgan fingerprint density at radius 1 is 0.323 bits per heavy atom. The van der Waals surface area contributed by atoms with Gasteiger partial charge in [-0.3, -0.25) is 13.7 Å². The third-order valence-corrected chi connectivity index (χ3v) is 22.6. The first-order chi connectivity index (χ1) is 60.1. The Kier molecular flexibility index (Phi) is 25.9. The molecule has 0 atom stereocenters. The molecule has 0 bridgehead atoms. The number of hydrogen-bond donors (Lipinski definition) is 1. The highest BCUT2D eigenvalue weighted by Crippen LogP contribution is 2.39. The van der Waals surface area contributed by atoms with E-state index in [0.29, 0.717) is 210 Å². The van der Waals surface area contributed by atoms with E-state index in [1.807, 2.05) is 36.0 Å². The highest BCUT2D eigenvalue weighted by atomic mass is 35.5. The number of rotatable bonds is 13. The van der Waals surface area contributed by atoms with Gasteiger partial charge in [0.05, 0.1) is 141 Å². The molecule has 6 aliphatic rings. The molecule has 0 amide bonds. The van der Waals surface area contributed by atoms with Gasteiger partial charge in [-0.05, 0) is 123 Å². The summed E-state index contributed by atoms with van der Waals surface area (Å²) in [4.78, 5) is 58.8. The van der Waals surface area contributed by atoms with E-state index in [2.05, 4.69) is 65.3 Å². The predicted molar refractivity (Wildman–Crippen MR) is 446 cm³/mol. The number of aromatic amines is 1. The summed E-state index contributed by atoms with van der Waals surface area (Å²) in [7, 11) is 0. The molecule has 16 aromatic rings. The lowest BCUT2D eigenvalue weighted by Crippen LogP contribution is -2.37. The van der Waals surface area contributed by atoms with Crippen LogP contribution in [0.4, 0.5) is 47.0 Å². The van der Waals surface area contributed by atoms with E-state index in [0.717, 1.165) is 70.0 Å². The molecular formula is C80H78Cl4F8N26O6. The number of aromatic nitrogens is 24. The van der Waals surface area contributed by atoms with Crippen molar-refractivity contribution in [3.05, 3.63) is 161 Å². The lowest BCUT2D eigenvalue weighted by Gasteiger charge is -2.28. The van der Waals surface area contributed by atoms with E-state index >= 15 is 0 Å². The number of nitrogens with one attached hydrogen (secondary N) is 1. The lowest BCUT2D eigenvalue weighted by molar-refractivity contribution is 0.0672. The molecule has 18 heterocycles. The molecule has 6 saturated heterocycles. The molecule has 32 nitrogen and oxygen atoms in total.